The highest BCUT2D eigenvalue weighted by Crippen LogP contribution is 2.29. The van der Waals surface area contributed by atoms with Crippen molar-refractivity contribution in [2.75, 3.05) is 11.4 Å². The molecule has 2 aromatic rings. The number of fused-ring (bicyclic) bond motifs is 1. The summed E-state index contributed by atoms with van der Waals surface area (Å²) in [6.45, 7) is 4.11. The van der Waals surface area contributed by atoms with Crippen LogP contribution in [0, 0.1) is 6.92 Å². The first kappa shape index (κ1) is 12.6. The molecule has 19 heavy (non-hydrogen) atoms. The third-order valence-electron chi connectivity index (χ3n) is 3.54. The van der Waals surface area contributed by atoms with E-state index < -0.39 is 0 Å². The quantitative estimate of drug-likeness (QED) is 0.935. The van der Waals surface area contributed by atoms with E-state index in [0.717, 1.165) is 23.8 Å². The Balaban J connectivity index is 1.84. The summed E-state index contributed by atoms with van der Waals surface area (Å²) < 4.78 is 0. The molecule has 100 valence electrons. The second kappa shape index (κ2) is 5.31. The number of aryl methyl sites for hydroxylation is 2. The van der Waals surface area contributed by atoms with Crippen LogP contribution in [0.15, 0.2) is 23.6 Å². The summed E-state index contributed by atoms with van der Waals surface area (Å²) >= 11 is 1.63. The lowest BCUT2D eigenvalue weighted by Crippen LogP contribution is -2.28. The van der Waals surface area contributed by atoms with Gasteiger partial charge in [0.2, 0.25) is 0 Å². The molecule has 1 aromatic heterocycles. The topological polar surface area (TPSA) is 36.4 Å². The average molecular weight is 274 g/mol. The van der Waals surface area contributed by atoms with Crippen molar-refractivity contribution < 1.29 is 5.11 Å². The predicted octanol–water partition coefficient (Wildman–Crippen LogP) is 2.90. The predicted molar refractivity (Wildman–Crippen MR) is 78.6 cm³/mol. The number of anilines is 1. The van der Waals surface area contributed by atoms with E-state index in [0.29, 0.717) is 0 Å². The third kappa shape index (κ3) is 2.65. The van der Waals surface area contributed by atoms with E-state index in [9.17, 15) is 0 Å². The molecular weight excluding hydrogens is 256 g/mol. The zero-order valence-corrected chi connectivity index (χ0v) is 11.9. The summed E-state index contributed by atoms with van der Waals surface area (Å²) in [6.07, 6.45) is 2.38. The van der Waals surface area contributed by atoms with Gasteiger partial charge in [0.25, 0.3) is 0 Å². The summed E-state index contributed by atoms with van der Waals surface area (Å²) in [4.78, 5) is 6.85. The van der Waals surface area contributed by atoms with Crippen molar-refractivity contribution in [2.45, 2.75) is 32.9 Å². The van der Waals surface area contributed by atoms with Gasteiger partial charge >= 0.3 is 0 Å². The van der Waals surface area contributed by atoms with Gasteiger partial charge in [0, 0.05) is 17.6 Å². The highest BCUT2D eigenvalue weighted by atomic mass is 32.1. The normalized spacial score (nSPS) is 14.5. The molecule has 3 rings (SSSR count). The van der Waals surface area contributed by atoms with Gasteiger partial charge in [-0.25, -0.2) is 4.98 Å². The Bertz CT molecular complexity index is 579. The van der Waals surface area contributed by atoms with Gasteiger partial charge in [-0.3, -0.25) is 0 Å². The van der Waals surface area contributed by atoms with Gasteiger partial charge in [0.15, 0.2) is 0 Å². The van der Waals surface area contributed by atoms with Crippen molar-refractivity contribution in [1.29, 1.82) is 0 Å². The molecule has 3 nitrogen and oxygen atoms in total. The van der Waals surface area contributed by atoms with E-state index in [1.807, 2.05) is 5.38 Å². The minimum Gasteiger partial charge on any atom is -0.390 e. The zero-order valence-electron chi connectivity index (χ0n) is 11.1. The van der Waals surface area contributed by atoms with Crippen LogP contribution in [0.4, 0.5) is 5.69 Å². The first-order chi connectivity index (χ1) is 9.26. The van der Waals surface area contributed by atoms with Gasteiger partial charge in [-0.2, -0.15) is 0 Å². The Morgan fingerprint density at radius 2 is 2.32 bits per heavy atom. The number of hydrogen-bond donors (Lipinski definition) is 1. The molecule has 1 aliphatic rings. The van der Waals surface area contributed by atoms with Gasteiger partial charge in [-0.05, 0) is 37.0 Å². The molecule has 1 N–H and O–H groups in total. The van der Waals surface area contributed by atoms with Crippen LogP contribution in [0.1, 0.15) is 28.2 Å². The van der Waals surface area contributed by atoms with E-state index in [-0.39, 0.29) is 6.61 Å². The lowest BCUT2D eigenvalue weighted by atomic mass is 10.00. The number of nitrogens with zero attached hydrogens (tertiary/aromatic N) is 2. The van der Waals surface area contributed by atoms with Crippen LogP contribution >= 0.6 is 11.3 Å². The van der Waals surface area contributed by atoms with Crippen LogP contribution in [0.25, 0.3) is 0 Å². The molecule has 0 radical (unpaired) electrons. The third-order valence-corrected chi connectivity index (χ3v) is 4.43. The van der Waals surface area contributed by atoms with Gasteiger partial charge < -0.3 is 10.0 Å². The molecule has 0 amide bonds. The van der Waals surface area contributed by atoms with Crippen molar-refractivity contribution in [3.63, 3.8) is 0 Å². The standard InChI is InChI=1S/C15H18N2OS/c1-11-4-5-12-3-2-6-17(14(12)7-11)8-15-16-13(9-18)10-19-15/h4-5,7,10,18H,2-3,6,8-9H2,1H3. The van der Waals surface area contributed by atoms with Gasteiger partial charge in [-0.15, -0.1) is 11.3 Å². The Labute approximate surface area is 117 Å². The van der Waals surface area contributed by atoms with E-state index in [1.165, 1.54) is 29.7 Å². The Kier molecular flexibility index (Phi) is 3.53. The van der Waals surface area contributed by atoms with Gasteiger partial charge in [0.05, 0.1) is 18.8 Å². The summed E-state index contributed by atoms with van der Waals surface area (Å²) in [5.74, 6) is 0. The molecular formula is C15H18N2OS. The number of hydrogen-bond acceptors (Lipinski definition) is 4. The van der Waals surface area contributed by atoms with E-state index >= 15 is 0 Å². The molecule has 0 unspecified atom stereocenters. The van der Waals surface area contributed by atoms with Crippen LogP contribution in [-0.4, -0.2) is 16.6 Å². The van der Waals surface area contributed by atoms with Crippen molar-refractivity contribution in [3.8, 4) is 0 Å². The van der Waals surface area contributed by atoms with E-state index in [4.69, 9.17) is 5.11 Å². The van der Waals surface area contributed by atoms with Crippen molar-refractivity contribution >= 4 is 17.0 Å². The first-order valence-electron chi connectivity index (χ1n) is 6.65. The number of aromatic nitrogens is 1. The molecule has 4 heteroatoms. The molecule has 0 bridgehead atoms. The van der Waals surface area contributed by atoms with Gasteiger partial charge in [0.1, 0.15) is 5.01 Å². The largest absolute Gasteiger partial charge is 0.390 e. The van der Waals surface area contributed by atoms with E-state index in [2.05, 4.69) is 35.0 Å². The summed E-state index contributed by atoms with van der Waals surface area (Å²) in [6, 6.07) is 6.71. The maximum absolute atomic E-state index is 9.08. The zero-order chi connectivity index (χ0) is 13.2. The fourth-order valence-electron chi connectivity index (χ4n) is 2.58. The van der Waals surface area contributed by atoms with Crippen LogP contribution in [0.2, 0.25) is 0 Å². The average Bonchev–Trinajstić information content (AvgIpc) is 2.87. The fourth-order valence-corrected chi connectivity index (χ4v) is 3.38. The first-order valence-corrected chi connectivity index (χ1v) is 7.53. The number of aliphatic hydroxyl groups excluding tert-OH is 1. The molecule has 1 aromatic carbocycles. The molecule has 0 saturated heterocycles. The molecule has 0 fully saturated rings. The number of thiazole rings is 1. The SMILES string of the molecule is Cc1ccc2c(c1)N(Cc1nc(CO)cs1)CCC2. The molecule has 2 heterocycles. The van der Waals surface area contributed by atoms with Crippen LogP contribution in [0.3, 0.4) is 0 Å². The van der Waals surface area contributed by atoms with E-state index in [1.54, 1.807) is 11.3 Å². The molecule has 1 aliphatic heterocycles. The molecule has 0 atom stereocenters. The van der Waals surface area contributed by atoms with Crippen LogP contribution in [-0.2, 0) is 19.6 Å². The summed E-state index contributed by atoms with van der Waals surface area (Å²) in [7, 11) is 0. The minimum atomic E-state index is 0.0339. The second-order valence-electron chi connectivity index (χ2n) is 5.05. The number of aliphatic hydroxyl groups is 1. The van der Waals surface area contributed by atoms with Crippen LogP contribution in [0.5, 0.6) is 0 Å². The summed E-state index contributed by atoms with van der Waals surface area (Å²) in [5.41, 5.74) is 4.88. The lowest BCUT2D eigenvalue weighted by Gasteiger charge is -2.31. The minimum absolute atomic E-state index is 0.0339. The molecule has 0 aliphatic carbocycles. The monoisotopic (exact) mass is 274 g/mol. The van der Waals surface area contributed by atoms with Crippen molar-refractivity contribution in [1.82, 2.24) is 4.98 Å². The lowest BCUT2D eigenvalue weighted by molar-refractivity contribution is 0.277. The fraction of sp³-hybridized carbons (Fsp3) is 0.400. The second-order valence-corrected chi connectivity index (χ2v) is 5.99. The van der Waals surface area contributed by atoms with Crippen molar-refractivity contribution in [3.05, 3.63) is 45.4 Å². The Morgan fingerprint density at radius 3 is 3.11 bits per heavy atom. The summed E-state index contributed by atoms with van der Waals surface area (Å²) in [5, 5.41) is 12.1. The number of benzene rings is 1. The highest BCUT2D eigenvalue weighted by Gasteiger charge is 2.18. The van der Waals surface area contributed by atoms with Crippen molar-refractivity contribution in [2.24, 2.45) is 0 Å². The Hall–Kier alpha value is -1.39. The highest BCUT2D eigenvalue weighted by molar-refractivity contribution is 7.09. The Morgan fingerprint density at radius 1 is 1.42 bits per heavy atom. The smallest absolute Gasteiger partial charge is 0.112 e. The number of rotatable bonds is 3. The molecule has 0 spiro atoms. The maximum atomic E-state index is 9.08. The molecule has 0 saturated carbocycles. The van der Waals surface area contributed by atoms with Crippen LogP contribution < -0.4 is 4.90 Å². The van der Waals surface area contributed by atoms with Gasteiger partial charge in [-0.1, -0.05) is 12.1 Å². The maximum Gasteiger partial charge on any atom is 0.112 e.